The monoisotopic (exact) mass is 350 g/mol. The van der Waals surface area contributed by atoms with Crippen molar-refractivity contribution >= 4 is 11.6 Å². The van der Waals surface area contributed by atoms with Gasteiger partial charge in [0.05, 0.1) is 17.9 Å². The van der Waals surface area contributed by atoms with Crippen LogP contribution in [-0.2, 0) is 13.1 Å². The molecule has 1 N–H and O–H groups in total. The maximum Gasteiger partial charge on any atom is 0.135 e. The van der Waals surface area contributed by atoms with Crippen LogP contribution in [0.1, 0.15) is 12.2 Å². The van der Waals surface area contributed by atoms with E-state index in [1.165, 1.54) is 0 Å². The Labute approximate surface area is 146 Å². The molecule has 1 aromatic carbocycles. The summed E-state index contributed by atoms with van der Waals surface area (Å²) in [4.78, 5) is 4.02. The van der Waals surface area contributed by atoms with E-state index in [2.05, 4.69) is 14.9 Å². The van der Waals surface area contributed by atoms with Crippen molar-refractivity contribution in [2.75, 3.05) is 6.54 Å². The molecule has 0 bridgehead atoms. The maximum absolute atomic E-state index is 6.18. The maximum atomic E-state index is 6.18. The molecule has 122 valence electrons. The first-order valence-electron chi connectivity index (χ1n) is 7.33. The number of nitrogens with zero attached hydrogens (tertiary/aromatic N) is 2. The second kappa shape index (κ2) is 8.77. The predicted molar refractivity (Wildman–Crippen MR) is 87.7 cm³/mol. The number of nitrogens with one attached hydrogen (secondary N) is 1. The fraction of sp³-hybridized carbons (Fsp3) is 0.235. The summed E-state index contributed by atoms with van der Waals surface area (Å²) in [6, 6.07) is 11.7. The number of furan rings is 1. The van der Waals surface area contributed by atoms with E-state index in [0.717, 1.165) is 36.6 Å². The predicted octanol–water partition coefficient (Wildman–Crippen LogP) is 0.980. The Hall–Kier alpha value is -1.75. The van der Waals surface area contributed by atoms with Gasteiger partial charge < -0.3 is 26.7 Å². The van der Waals surface area contributed by atoms with E-state index in [0.29, 0.717) is 11.6 Å². The molecule has 0 aliphatic heterocycles. The molecule has 0 aliphatic carbocycles. The lowest BCUT2D eigenvalue weighted by Crippen LogP contribution is -3.00. The summed E-state index contributed by atoms with van der Waals surface area (Å²) >= 11 is 6.18. The highest BCUT2D eigenvalue weighted by Crippen LogP contribution is 2.28. The van der Waals surface area contributed by atoms with Crippen LogP contribution in [-0.4, -0.2) is 16.1 Å². The molecule has 0 unspecified atom stereocenters. The third kappa shape index (κ3) is 4.86. The van der Waals surface area contributed by atoms with Crippen molar-refractivity contribution in [3.63, 3.8) is 0 Å². The minimum atomic E-state index is 0. The third-order valence-corrected chi connectivity index (χ3v) is 3.76. The summed E-state index contributed by atoms with van der Waals surface area (Å²) in [6.45, 7) is 2.62. The smallest absolute Gasteiger partial charge is 0.135 e. The first kappa shape index (κ1) is 17.6. The van der Waals surface area contributed by atoms with Gasteiger partial charge >= 0.3 is 0 Å². The van der Waals surface area contributed by atoms with Gasteiger partial charge in [0.2, 0.25) is 0 Å². The minimum Gasteiger partial charge on any atom is -1.00 e. The molecule has 23 heavy (non-hydrogen) atoms. The molecular formula is C17H18Cl2N3O-. The Morgan fingerprint density at radius 3 is 2.83 bits per heavy atom. The van der Waals surface area contributed by atoms with E-state index in [4.69, 9.17) is 16.0 Å². The second-order valence-electron chi connectivity index (χ2n) is 5.08. The normalized spacial score (nSPS) is 10.5. The van der Waals surface area contributed by atoms with Crippen LogP contribution in [0.5, 0.6) is 0 Å². The number of rotatable bonds is 7. The highest BCUT2D eigenvalue weighted by Gasteiger charge is 2.07. The average molecular weight is 351 g/mol. The van der Waals surface area contributed by atoms with Crippen LogP contribution in [0.3, 0.4) is 0 Å². The summed E-state index contributed by atoms with van der Waals surface area (Å²) in [7, 11) is 0. The standard InChI is InChI=1S/C17H18ClN3O.ClH/c18-16-5-2-1-4-15(16)17-7-6-14(22-17)12-19-8-3-10-21-11-9-20-13-21;/h1-2,4-7,9,11,13,19H,3,8,10,12H2;1H/p-1. The van der Waals surface area contributed by atoms with Gasteiger partial charge in [-0.25, -0.2) is 4.98 Å². The van der Waals surface area contributed by atoms with Gasteiger partial charge in [-0.1, -0.05) is 23.7 Å². The number of imidazole rings is 1. The van der Waals surface area contributed by atoms with E-state index in [1.807, 2.05) is 48.9 Å². The number of aromatic nitrogens is 2. The summed E-state index contributed by atoms with van der Waals surface area (Å²) < 4.78 is 7.91. The van der Waals surface area contributed by atoms with Crippen LogP contribution in [0.2, 0.25) is 5.02 Å². The summed E-state index contributed by atoms with van der Waals surface area (Å²) in [6.07, 6.45) is 6.66. The third-order valence-electron chi connectivity index (χ3n) is 3.43. The van der Waals surface area contributed by atoms with Crippen molar-refractivity contribution in [1.82, 2.24) is 14.9 Å². The molecule has 0 aliphatic rings. The number of hydrogen-bond acceptors (Lipinski definition) is 3. The molecule has 0 saturated heterocycles. The molecule has 2 aromatic heterocycles. The van der Waals surface area contributed by atoms with Gasteiger partial charge in [0.1, 0.15) is 11.5 Å². The first-order chi connectivity index (χ1) is 10.8. The Morgan fingerprint density at radius 1 is 1.17 bits per heavy atom. The molecular weight excluding hydrogens is 333 g/mol. The Bertz CT molecular complexity index is 710. The summed E-state index contributed by atoms with van der Waals surface area (Å²) in [5.74, 6) is 1.72. The molecule has 0 radical (unpaired) electrons. The van der Waals surface area contributed by atoms with Gasteiger partial charge in [-0.2, -0.15) is 0 Å². The molecule has 2 heterocycles. The van der Waals surface area contributed by atoms with E-state index in [9.17, 15) is 0 Å². The average Bonchev–Trinajstić information content (AvgIpc) is 3.19. The van der Waals surface area contributed by atoms with E-state index in [-0.39, 0.29) is 12.4 Å². The highest BCUT2D eigenvalue weighted by molar-refractivity contribution is 6.33. The van der Waals surface area contributed by atoms with Gasteiger partial charge in [-0.3, -0.25) is 0 Å². The minimum absolute atomic E-state index is 0. The van der Waals surface area contributed by atoms with Crippen LogP contribution in [0.15, 0.2) is 59.5 Å². The number of benzene rings is 1. The van der Waals surface area contributed by atoms with Crippen molar-refractivity contribution in [1.29, 1.82) is 0 Å². The number of halogens is 2. The molecule has 6 heteroatoms. The molecule has 0 atom stereocenters. The summed E-state index contributed by atoms with van der Waals surface area (Å²) in [5.41, 5.74) is 0.926. The lowest BCUT2D eigenvalue weighted by Gasteiger charge is -2.04. The van der Waals surface area contributed by atoms with E-state index < -0.39 is 0 Å². The van der Waals surface area contributed by atoms with Crippen LogP contribution < -0.4 is 17.7 Å². The zero-order chi connectivity index (χ0) is 15.2. The molecule has 0 fully saturated rings. The van der Waals surface area contributed by atoms with Crippen LogP contribution in [0, 0.1) is 0 Å². The first-order valence-corrected chi connectivity index (χ1v) is 7.71. The molecule has 0 spiro atoms. The zero-order valence-electron chi connectivity index (χ0n) is 12.6. The van der Waals surface area contributed by atoms with Crippen LogP contribution in [0.25, 0.3) is 11.3 Å². The number of hydrogen-bond donors (Lipinski definition) is 1. The van der Waals surface area contributed by atoms with E-state index >= 15 is 0 Å². The van der Waals surface area contributed by atoms with Crippen molar-refractivity contribution in [2.24, 2.45) is 0 Å². The van der Waals surface area contributed by atoms with Crippen molar-refractivity contribution in [3.8, 4) is 11.3 Å². The Balaban J connectivity index is 0.00000192. The van der Waals surface area contributed by atoms with Crippen molar-refractivity contribution in [3.05, 3.63) is 65.9 Å². The molecule has 0 saturated carbocycles. The topological polar surface area (TPSA) is 43.0 Å². The van der Waals surface area contributed by atoms with Gasteiger partial charge in [0, 0.05) is 24.5 Å². The SMILES string of the molecule is Clc1ccccc1-c1ccc(CNCCCn2ccnc2)o1.[Cl-]. The fourth-order valence-corrected chi connectivity index (χ4v) is 2.52. The zero-order valence-corrected chi connectivity index (χ0v) is 14.1. The molecule has 3 rings (SSSR count). The van der Waals surface area contributed by atoms with Gasteiger partial charge in [0.15, 0.2) is 0 Å². The number of aryl methyl sites for hydroxylation is 1. The Morgan fingerprint density at radius 2 is 2.04 bits per heavy atom. The molecule has 0 amide bonds. The van der Waals surface area contributed by atoms with Gasteiger partial charge in [0.25, 0.3) is 0 Å². The lowest BCUT2D eigenvalue weighted by molar-refractivity contribution is -0.00000500. The Kier molecular flexibility index (Phi) is 6.71. The van der Waals surface area contributed by atoms with Crippen molar-refractivity contribution in [2.45, 2.75) is 19.5 Å². The van der Waals surface area contributed by atoms with E-state index in [1.54, 1.807) is 6.20 Å². The quantitative estimate of drug-likeness (QED) is 0.646. The highest BCUT2D eigenvalue weighted by atomic mass is 35.5. The molecule has 4 nitrogen and oxygen atoms in total. The van der Waals surface area contributed by atoms with Crippen molar-refractivity contribution < 1.29 is 16.8 Å². The van der Waals surface area contributed by atoms with Crippen LogP contribution in [0.4, 0.5) is 0 Å². The lowest BCUT2D eigenvalue weighted by atomic mass is 10.2. The van der Waals surface area contributed by atoms with Gasteiger partial charge in [-0.05, 0) is 37.2 Å². The second-order valence-corrected chi connectivity index (χ2v) is 5.48. The largest absolute Gasteiger partial charge is 1.00 e. The summed E-state index contributed by atoms with van der Waals surface area (Å²) in [5, 5.41) is 4.09. The molecule has 3 aromatic rings. The van der Waals surface area contributed by atoms with Crippen LogP contribution >= 0.6 is 11.6 Å². The fourth-order valence-electron chi connectivity index (χ4n) is 2.30. The van der Waals surface area contributed by atoms with Gasteiger partial charge in [-0.15, -0.1) is 0 Å².